The van der Waals surface area contributed by atoms with Gasteiger partial charge in [0, 0.05) is 24.4 Å². The summed E-state index contributed by atoms with van der Waals surface area (Å²) in [7, 11) is -1.26. The third kappa shape index (κ3) is 4.11. The highest BCUT2D eigenvalue weighted by Gasteiger charge is 2.34. The van der Waals surface area contributed by atoms with Crippen LogP contribution >= 0.6 is 0 Å². The molecule has 3 N–H and O–H groups in total. The second kappa shape index (κ2) is 7.62. The summed E-state index contributed by atoms with van der Waals surface area (Å²) >= 11 is 0. The van der Waals surface area contributed by atoms with Crippen molar-refractivity contribution in [2.75, 3.05) is 25.2 Å². The van der Waals surface area contributed by atoms with E-state index in [0.29, 0.717) is 0 Å². The van der Waals surface area contributed by atoms with Crippen LogP contribution in [0.3, 0.4) is 0 Å². The minimum Gasteiger partial charge on any atom is -0.495 e. The number of ether oxygens (including phenoxy) is 1. The topological polar surface area (TPSA) is 124 Å². The third-order valence-corrected chi connectivity index (χ3v) is 6.09. The van der Waals surface area contributed by atoms with Gasteiger partial charge in [-0.05, 0) is 18.2 Å². The summed E-state index contributed by atoms with van der Waals surface area (Å²) in [5.74, 6) is -3.24. The van der Waals surface area contributed by atoms with Crippen molar-refractivity contribution < 1.29 is 26.7 Å². The second-order valence-corrected chi connectivity index (χ2v) is 8.23. The van der Waals surface area contributed by atoms with E-state index in [2.05, 4.69) is 15.6 Å². The molecule has 2 heterocycles. The first-order valence-corrected chi connectivity index (χ1v) is 9.85. The Morgan fingerprint density at radius 3 is 2.69 bits per heavy atom. The maximum atomic E-state index is 14.3. The van der Waals surface area contributed by atoms with Gasteiger partial charge in [0.2, 0.25) is 16.0 Å². The third-order valence-electron chi connectivity index (χ3n) is 4.32. The number of benzene rings is 1. The molecule has 2 aromatic rings. The summed E-state index contributed by atoms with van der Waals surface area (Å²) in [5.41, 5.74) is -0.445. The Hall–Kier alpha value is -3.28. The molecule has 1 aliphatic rings. The van der Waals surface area contributed by atoms with Crippen molar-refractivity contribution in [3.63, 3.8) is 0 Å². The van der Waals surface area contributed by atoms with E-state index in [0.717, 1.165) is 16.4 Å². The molecule has 0 spiro atoms. The van der Waals surface area contributed by atoms with Crippen molar-refractivity contribution in [3.8, 4) is 5.75 Å². The van der Waals surface area contributed by atoms with Gasteiger partial charge in [0.15, 0.2) is 11.5 Å². The lowest BCUT2D eigenvalue weighted by Gasteiger charge is -2.32. The fourth-order valence-corrected chi connectivity index (χ4v) is 3.94. The highest BCUT2D eigenvalue weighted by molar-refractivity contribution is 7.89. The Bertz CT molecular complexity index is 1090. The van der Waals surface area contributed by atoms with E-state index in [-0.39, 0.29) is 17.0 Å². The molecular weight excluding hydrogens is 408 g/mol. The normalized spacial score (nSPS) is 18.1. The lowest BCUT2D eigenvalue weighted by Crippen LogP contribution is -2.52. The van der Waals surface area contributed by atoms with Gasteiger partial charge in [0.1, 0.15) is 11.6 Å². The van der Waals surface area contributed by atoms with Crippen LogP contribution in [0.5, 0.6) is 5.75 Å². The number of pyridine rings is 1. The summed E-state index contributed by atoms with van der Waals surface area (Å²) < 4.78 is 58.2. The molecule has 3 rings (SSSR count). The summed E-state index contributed by atoms with van der Waals surface area (Å²) in [6, 6.07) is 3.47. The van der Waals surface area contributed by atoms with Crippen LogP contribution in [-0.4, -0.2) is 49.5 Å². The first kappa shape index (κ1) is 20.5. The molecule has 9 nitrogen and oxygen atoms in total. The molecule has 0 radical (unpaired) electrons. The number of carbonyl (C=O) groups is 1. The average molecular weight is 425 g/mol. The molecule has 1 aromatic carbocycles. The number of anilines is 1. The zero-order valence-corrected chi connectivity index (χ0v) is 16.2. The van der Waals surface area contributed by atoms with Crippen LogP contribution in [0.15, 0.2) is 30.5 Å². The number of methoxy groups -OCH3 is 1. The SMILES string of the molecule is COc1cnc(C(=O)Nc2ccc(F)c([C@@H]3CS(=O)(=O)N(C)C(=N)N3)c2)c(F)c1. The van der Waals surface area contributed by atoms with E-state index < -0.39 is 51.0 Å². The number of nitrogens with one attached hydrogen (secondary N) is 3. The monoisotopic (exact) mass is 425 g/mol. The number of carbonyl (C=O) groups excluding carboxylic acids is 1. The lowest BCUT2D eigenvalue weighted by molar-refractivity contribution is 0.101. The van der Waals surface area contributed by atoms with E-state index >= 15 is 0 Å². The number of guanidine groups is 1. The average Bonchev–Trinajstić information content (AvgIpc) is 2.66. The molecule has 1 saturated heterocycles. The molecule has 0 unspecified atom stereocenters. The molecule has 29 heavy (non-hydrogen) atoms. The number of sulfonamides is 1. The first-order chi connectivity index (χ1) is 13.6. The van der Waals surface area contributed by atoms with E-state index in [4.69, 9.17) is 10.1 Å². The van der Waals surface area contributed by atoms with E-state index in [1.165, 1.54) is 32.5 Å². The number of halogens is 2. The van der Waals surface area contributed by atoms with Crippen molar-refractivity contribution in [2.24, 2.45) is 0 Å². The molecule has 0 aliphatic carbocycles. The number of amides is 1. The lowest BCUT2D eigenvalue weighted by atomic mass is 10.1. The molecule has 154 valence electrons. The summed E-state index contributed by atoms with van der Waals surface area (Å²) in [6.07, 6.45) is 1.17. The van der Waals surface area contributed by atoms with Crippen molar-refractivity contribution in [1.29, 1.82) is 5.41 Å². The van der Waals surface area contributed by atoms with Crippen LogP contribution < -0.4 is 15.4 Å². The largest absolute Gasteiger partial charge is 0.495 e. The molecule has 0 bridgehead atoms. The highest BCUT2D eigenvalue weighted by atomic mass is 32.2. The van der Waals surface area contributed by atoms with Crippen molar-refractivity contribution in [1.82, 2.24) is 14.6 Å². The van der Waals surface area contributed by atoms with Crippen molar-refractivity contribution >= 4 is 27.6 Å². The van der Waals surface area contributed by atoms with E-state index in [9.17, 15) is 22.0 Å². The summed E-state index contributed by atoms with van der Waals surface area (Å²) in [4.78, 5) is 16.0. The van der Waals surface area contributed by atoms with Gasteiger partial charge >= 0.3 is 0 Å². The molecule has 1 fully saturated rings. The van der Waals surface area contributed by atoms with Crippen LogP contribution in [-0.2, 0) is 10.0 Å². The van der Waals surface area contributed by atoms with Gasteiger partial charge in [0.05, 0.1) is 25.1 Å². The van der Waals surface area contributed by atoms with Gasteiger partial charge in [-0.15, -0.1) is 0 Å². The van der Waals surface area contributed by atoms with Crippen LogP contribution in [0.1, 0.15) is 22.1 Å². The minimum atomic E-state index is -3.80. The molecule has 12 heteroatoms. The summed E-state index contributed by atoms with van der Waals surface area (Å²) in [6.45, 7) is 0. The number of rotatable bonds is 4. The molecule has 0 saturated carbocycles. The second-order valence-electron chi connectivity index (χ2n) is 6.19. The Balaban J connectivity index is 1.86. The van der Waals surface area contributed by atoms with Gasteiger partial charge in [-0.3, -0.25) is 10.2 Å². The van der Waals surface area contributed by atoms with Crippen molar-refractivity contribution in [2.45, 2.75) is 6.04 Å². The first-order valence-electron chi connectivity index (χ1n) is 8.24. The van der Waals surface area contributed by atoms with Gasteiger partial charge in [-0.2, -0.15) is 0 Å². The Labute approximate surface area is 165 Å². The molecule has 1 amide bonds. The minimum absolute atomic E-state index is 0.0626. The number of aromatic nitrogens is 1. The number of nitrogens with zero attached hydrogens (tertiary/aromatic N) is 2. The van der Waals surface area contributed by atoms with Gasteiger partial charge in [-0.1, -0.05) is 0 Å². The molecule has 1 aromatic heterocycles. The van der Waals surface area contributed by atoms with Crippen molar-refractivity contribution in [3.05, 3.63) is 53.4 Å². The predicted molar refractivity (Wildman–Crippen MR) is 100 cm³/mol. The van der Waals surface area contributed by atoms with Crippen LogP contribution in [0.2, 0.25) is 0 Å². The Morgan fingerprint density at radius 1 is 1.34 bits per heavy atom. The van der Waals surface area contributed by atoms with E-state index in [1.807, 2.05) is 0 Å². The zero-order chi connectivity index (χ0) is 21.3. The summed E-state index contributed by atoms with van der Waals surface area (Å²) in [5, 5.41) is 12.7. The maximum Gasteiger partial charge on any atom is 0.277 e. The molecular formula is C17H17F2N5O4S. The number of hydrogen-bond donors (Lipinski definition) is 3. The van der Waals surface area contributed by atoms with Crippen LogP contribution in [0.4, 0.5) is 14.5 Å². The highest BCUT2D eigenvalue weighted by Crippen LogP contribution is 2.26. The smallest absolute Gasteiger partial charge is 0.277 e. The molecule has 1 atom stereocenters. The predicted octanol–water partition coefficient (Wildman–Crippen LogP) is 1.46. The fraction of sp³-hybridized carbons (Fsp3) is 0.235. The van der Waals surface area contributed by atoms with Crippen LogP contribution in [0, 0.1) is 17.0 Å². The number of hydrogen-bond acceptors (Lipinski definition) is 6. The standard InChI is InChI=1S/C17H17F2N5O4S/c1-24-17(20)23-14(8-29(24,26)27)11-5-9(3-4-12(11)18)22-16(25)15-13(19)6-10(28-2)7-21-15/h3-7,14H,8H2,1-2H3,(H2,20,23)(H,22,25)/t14-/m0/s1. The van der Waals surface area contributed by atoms with E-state index in [1.54, 1.807) is 0 Å². The maximum absolute atomic E-state index is 14.3. The Morgan fingerprint density at radius 2 is 2.07 bits per heavy atom. The van der Waals surface area contributed by atoms with Crippen LogP contribution in [0.25, 0.3) is 0 Å². The Kier molecular flexibility index (Phi) is 5.38. The quantitative estimate of drug-likeness (QED) is 0.681. The van der Waals surface area contributed by atoms with Gasteiger partial charge in [-0.25, -0.2) is 26.5 Å². The molecule has 1 aliphatic heterocycles. The fourth-order valence-electron chi connectivity index (χ4n) is 2.70. The van der Waals surface area contributed by atoms with Gasteiger partial charge < -0.3 is 15.4 Å². The zero-order valence-electron chi connectivity index (χ0n) is 15.4. The van der Waals surface area contributed by atoms with Gasteiger partial charge in [0.25, 0.3) is 5.91 Å².